The van der Waals surface area contributed by atoms with Gasteiger partial charge in [0.05, 0.1) is 0 Å². The highest BCUT2D eigenvalue weighted by Crippen LogP contribution is 2.37. The summed E-state index contributed by atoms with van der Waals surface area (Å²) in [5.41, 5.74) is 2.53. The van der Waals surface area contributed by atoms with Crippen LogP contribution in [-0.2, 0) is 11.2 Å². The molecule has 22 heavy (non-hydrogen) atoms. The number of benzene rings is 1. The molecule has 1 saturated carbocycles. The van der Waals surface area contributed by atoms with Crippen LogP contribution in [0.5, 0.6) is 0 Å². The van der Waals surface area contributed by atoms with E-state index in [1.807, 2.05) is 18.2 Å². The maximum Gasteiger partial charge on any atom is 0.228 e. The van der Waals surface area contributed by atoms with Crippen molar-refractivity contribution in [2.75, 3.05) is 10.2 Å². The van der Waals surface area contributed by atoms with E-state index in [9.17, 15) is 4.79 Å². The van der Waals surface area contributed by atoms with E-state index >= 15 is 0 Å². The number of anilines is 3. The van der Waals surface area contributed by atoms with E-state index in [1.54, 1.807) is 0 Å². The largest absolute Gasteiger partial charge is 0.321 e. The van der Waals surface area contributed by atoms with Crippen molar-refractivity contribution in [3.63, 3.8) is 0 Å². The minimum absolute atomic E-state index is 0.0573. The van der Waals surface area contributed by atoms with Crippen molar-refractivity contribution in [2.45, 2.75) is 32.2 Å². The van der Waals surface area contributed by atoms with Gasteiger partial charge < -0.3 is 10.2 Å². The second-order valence-electron chi connectivity index (χ2n) is 6.09. The smallest absolute Gasteiger partial charge is 0.228 e. The number of nitrogens with zero attached hydrogens (tertiary/aromatic N) is 3. The first-order valence-electron chi connectivity index (χ1n) is 7.74. The molecule has 1 aromatic heterocycles. The molecule has 5 heteroatoms. The number of carbonyl (C=O) groups excluding carboxylic acids is 1. The third-order valence-corrected chi connectivity index (χ3v) is 4.30. The Bertz CT molecular complexity index is 709. The number of aromatic nitrogens is 2. The molecule has 5 nitrogen and oxygen atoms in total. The third kappa shape index (κ3) is 2.32. The molecule has 0 spiro atoms. The minimum Gasteiger partial charge on any atom is -0.321 e. The first-order valence-corrected chi connectivity index (χ1v) is 7.74. The summed E-state index contributed by atoms with van der Waals surface area (Å²) in [7, 11) is 0. The number of hydrogen-bond donors (Lipinski definition) is 1. The Balaban J connectivity index is 1.56. The minimum atomic E-state index is 0.0573. The van der Waals surface area contributed by atoms with Crippen LogP contribution >= 0.6 is 0 Å². The van der Waals surface area contributed by atoms with E-state index < -0.39 is 0 Å². The second-order valence-corrected chi connectivity index (χ2v) is 6.09. The monoisotopic (exact) mass is 294 g/mol. The molecular formula is C17H18N4O. The van der Waals surface area contributed by atoms with Crippen LogP contribution in [-0.4, -0.2) is 22.1 Å². The molecule has 1 fully saturated rings. The van der Waals surface area contributed by atoms with Crippen LogP contribution in [0.4, 0.5) is 17.3 Å². The summed E-state index contributed by atoms with van der Waals surface area (Å²) in [6.07, 6.45) is 2.98. The van der Waals surface area contributed by atoms with Gasteiger partial charge in [0, 0.05) is 17.6 Å². The summed E-state index contributed by atoms with van der Waals surface area (Å²) >= 11 is 0. The highest BCUT2D eigenvalue weighted by atomic mass is 16.2. The van der Waals surface area contributed by atoms with Crippen LogP contribution in [0, 0.1) is 5.92 Å². The number of para-hydroxylation sites is 1. The van der Waals surface area contributed by atoms with Gasteiger partial charge in [-0.25, -0.2) is 0 Å². The quantitative estimate of drug-likeness (QED) is 0.945. The molecule has 1 unspecified atom stereocenters. The number of nitrogens with one attached hydrogen (secondary N) is 1. The maximum atomic E-state index is 11.7. The molecule has 2 heterocycles. The Morgan fingerprint density at radius 1 is 1.18 bits per heavy atom. The van der Waals surface area contributed by atoms with Gasteiger partial charge in [0.1, 0.15) is 0 Å². The lowest BCUT2D eigenvalue weighted by Gasteiger charge is -2.23. The molecular weight excluding hydrogens is 276 g/mol. The first kappa shape index (κ1) is 13.2. The molecule has 0 saturated heterocycles. The normalized spacial score (nSPS) is 19.9. The van der Waals surface area contributed by atoms with E-state index in [4.69, 9.17) is 0 Å². The van der Waals surface area contributed by atoms with Crippen molar-refractivity contribution in [1.29, 1.82) is 0 Å². The summed E-state index contributed by atoms with van der Waals surface area (Å²) in [6, 6.07) is 12.5. The van der Waals surface area contributed by atoms with Gasteiger partial charge in [0.15, 0.2) is 11.6 Å². The fourth-order valence-electron chi connectivity index (χ4n) is 3.01. The molecule has 2 aromatic rings. The first-order chi connectivity index (χ1) is 10.7. The highest BCUT2D eigenvalue weighted by molar-refractivity contribution is 5.93. The molecule has 1 N–H and O–H groups in total. The summed E-state index contributed by atoms with van der Waals surface area (Å²) in [5.74, 6) is 1.58. The molecule has 1 amide bonds. The van der Waals surface area contributed by atoms with Crippen LogP contribution in [0.1, 0.15) is 25.3 Å². The third-order valence-electron chi connectivity index (χ3n) is 4.30. The molecule has 0 radical (unpaired) electrons. The van der Waals surface area contributed by atoms with Gasteiger partial charge in [0.2, 0.25) is 5.91 Å². The van der Waals surface area contributed by atoms with Crippen molar-refractivity contribution in [3.8, 4) is 0 Å². The predicted octanol–water partition coefficient (Wildman–Crippen LogP) is 2.91. The predicted molar refractivity (Wildman–Crippen MR) is 85.1 cm³/mol. The van der Waals surface area contributed by atoms with Crippen molar-refractivity contribution < 1.29 is 4.79 Å². The van der Waals surface area contributed by atoms with Crippen LogP contribution in [0.2, 0.25) is 0 Å². The Labute approximate surface area is 129 Å². The van der Waals surface area contributed by atoms with Crippen molar-refractivity contribution in [2.24, 2.45) is 5.92 Å². The lowest BCUT2D eigenvalue weighted by Crippen LogP contribution is -2.25. The van der Waals surface area contributed by atoms with Crippen LogP contribution < -0.4 is 10.2 Å². The summed E-state index contributed by atoms with van der Waals surface area (Å²) in [4.78, 5) is 13.9. The number of fused-ring (bicyclic) bond motifs is 1. The highest BCUT2D eigenvalue weighted by Gasteiger charge is 2.30. The van der Waals surface area contributed by atoms with E-state index in [1.165, 1.54) is 11.3 Å². The van der Waals surface area contributed by atoms with E-state index in [2.05, 4.69) is 45.5 Å². The second kappa shape index (κ2) is 5.09. The number of amides is 1. The maximum absolute atomic E-state index is 11.7. The Kier molecular flexibility index (Phi) is 3.06. The standard InChI is InChI=1S/C17H18N4O/c1-11-10-13-4-2-3-5-14(13)21(11)16-9-8-15(19-20-16)18-17(22)12-6-7-12/h2-5,8-9,11-12H,6-7,10H2,1H3,(H,18,19,22). The number of carbonyl (C=O) groups is 1. The Hall–Kier alpha value is -2.43. The summed E-state index contributed by atoms with van der Waals surface area (Å²) in [5, 5.41) is 11.3. The zero-order chi connectivity index (χ0) is 15.1. The average molecular weight is 294 g/mol. The number of rotatable bonds is 3. The van der Waals surface area contributed by atoms with Gasteiger partial charge in [-0.1, -0.05) is 18.2 Å². The average Bonchev–Trinajstić information content (AvgIpc) is 3.31. The van der Waals surface area contributed by atoms with Gasteiger partial charge in [-0.05, 0) is 49.9 Å². The Morgan fingerprint density at radius 3 is 2.73 bits per heavy atom. The molecule has 2 aliphatic rings. The van der Waals surface area contributed by atoms with Crippen molar-refractivity contribution >= 4 is 23.2 Å². The van der Waals surface area contributed by atoms with Crippen LogP contribution in [0.25, 0.3) is 0 Å². The zero-order valence-electron chi connectivity index (χ0n) is 12.5. The SMILES string of the molecule is CC1Cc2ccccc2N1c1ccc(NC(=O)C2CC2)nn1. The lowest BCUT2D eigenvalue weighted by molar-refractivity contribution is -0.117. The summed E-state index contributed by atoms with van der Waals surface area (Å²) in [6.45, 7) is 2.18. The van der Waals surface area contributed by atoms with E-state index in [0.29, 0.717) is 11.9 Å². The molecule has 1 aliphatic carbocycles. The van der Waals surface area contributed by atoms with Gasteiger partial charge >= 0.3 is 0 Å². The van der Waals surface area contributed by atoms with Gasteiger partial charge in [-0.15, -0.1) is 10.2 Å². The molecule has 112 valence electrons. The lowest BCUT2D eigenvalue weighted by atomic mass is 10.1. The topological polar surface area (TPSA) is 58.1 Å². The van der Waals surface area contributed by atoms with Crippen molar-refractivity contribution in [1.82, 2.24) is 10.2 Å². The molecule has 1 aliphatic heterocycles. The molecule has 4 rings (SSSR count). The molecule has 1 atom stereocenters. The van der Waals surface area contributed by atoms with Crippen LogP contribution in [0.15, 0.2) is 36.4 Å². The fraction of sp³-hybridized carbons (Fsp3) is 0.353. The zero-order valence-corrected chi connectivity index (χ0v) is 12.5. The van der Waals surface area contributed by atoms with Gasteiger partial charge in [0.25, 0.3) is 0 Å². The Morgan fingerprint density at radius 2 is 2.00 bits per heavy atom. The molecule has 0 bridgehead atoms. The van der Waals surface area contributed by atoms with Gasteiger partial charge in [-0.3, -0.25) is 4.79 Å². The van der Waals surface area contributed by atoms with Gasteiger partial charge in [-0.2, -0.15) is 0 Å². The van der Waals surface area contributed by atoms with Crippen molar-refractivity contribution in [3.05, 3.63) is 42.0 Å². The summed E-state index contributed by atoms with van der Waals surface area (Å²) < 4.78 is 0. The van der Waals surface area contributed by atoms with E-state index in [-0.39, 0.29) is 11.8 Å². The van der Waals surface area contributed by atoms with E-state index in [0.717, 1.165) is 25.1 Å². The number of hydrogen-bond acceptors (Lipinski definition) is 4. The molecule has 1 aromatic carbocycles. The fourth-order valence-corrected chi connectivity index (χ4v) is 3.01. The van der Waals surface area contributed by atoms with Crippen LogP contribution in [0.3, 0.4) is 0 Å².